The number of benzene rings is 1. The van der Waals surface area contributed by atoms with Crippen molar-refractivity contribution < 1.29 is 9.53 Å². The third-order valence-electron chi connectivity index (χ3n) is 2.25. The number of likely N-dealkylation sites (N-methyl/N-ethyl adjacent to an activating group) is 1. The van der Waals surface area contributed by atoms with Gasteiger partial charge >= 0.3 is 0 Å². The molecule has 0 aliphatic heterocycles. The molecule has 3 nitrogen and oxygen atoms in total. The van der Waals surface area contributed by atoms with Crippen LogP contribution in [-0.4, -0.2) is 26.0 Å². The van der Waals surface area contributed by atoms with Crippen molar-refractivity contribution in [2.45, 2.75) is 13.0 Å². The maximum absolute atomic E-state index is 11.9. The molecule has 0 amide bonds. The fourth-order valence-electron chi connectivity index (χ4n) is 1.24. The van der Waals surface area contributed by atoms with Crippen LogP contribution < -0.4 is 10.1 Å². The van der Waals surface area contributed by atoms with Gasteiger partial charge in [-0.3, -0.25) is 4.79 Å². The third-order valence-corrected chi connectivity index (χ3v) is 2.49. The van der Waals surface area contributed by atoms with E-state index in [1.165, 1.54) is 7.11 Å². The van der Waals surface area contributed by atoms with Crippen LogP contribution in [0.5, 0.6) is 5.75 Å². The molecule has 0 saturated carbocycles. The van der Waals surface area contributed by atoms with E-state index in [0.717, 1.165) is 0 Å². The molecule has 1 unspecified atom stereocenters. The van der Waals surface area contributed by atoms with E-state index in [4.69, 9.17) is 16.3 Å². The van der Waals surface area contributed by atoms with Gasteiger partial charge in [-0.25, -0.2) is 0 Å². The number of ether oxygens (including phenoxy) is 1. The van der Waals surface area contributed by atoms with E-state index in [9.17, 15) is 4.79 Å². The van der Waals surface area contributed by atoms with Crippen molar-refractivity contribution in [1.82, 2.24) is 5.32 Å². The number of hydrogen-bond acceptors (Lipinski definition) is 3. The topological polar surface area (TPSA) is 38.3 Å². The van der Waals surface area contributed by atoms with Crippen molar-refractivity contribution in [2.75, 3.05) is 14.2 Å². The van der Waals surface area contributed by atoms with Gasteiger partial charge in [0.05, 0.1) is 18.7 Å². The lowest BCUT2D eigenvalue weighted by Crippen LogP contribution is -2.30. The molecule has 1 atom stereocenters. The number of carbonyl (C=O) groups is 1. The second-order valence-corrected chi connectivity index (χ2v) is 3.66. The molecule has 1 N–H and O–H groups in total. The summed E-state index contributed by atoms with van der Waals surface area (Å²) in [5.41, 5.74) is 0.506. The van der Waals surface area contributed by atoms with Gasteiger partial charge in [0.2, 0.25) is 0 Å². The van der Waals surface area contributed by atoms with Gasteiger partial charge in [0.15, 0.2) is 5.78 Å². The van der Waals surface area contributed by atoms with Crippen molar-refractivity contribution in [3.63, 3.8) is 0 Å². The number of rotatable bonds is 4. The fourth-order valence-corrected chi connectivity index (χ4v) is 1.41. The van der Waals surface area contributed by atoms with Gasteiger partial charge in [-0.1, -0.05) is 11.6 Å². The molecule has 1 aromatic rings. The highest BCUT2D eigenvalue weighted by Crippen LogP contribution is 2.23. The summed E-state index contributed by atoms with van der Waals surface area (Å²) in [5, 5.41) is 3.42. The normalized spacial score (nSPS) is 12.3. The Bertz CT molecular complexity index is 366. The SMILES string of the molecule is CNC(C)C(=O)c1cc(Cl)ccc1OC. The summed E-state index contributed by atoms with van der Waals surface area (Å²) >= 11 is 5.84. The molecule has 0 fully saturated rings. The third kappa shape index (κ3) is 2.70. The van der Waals surface area contributed by atoms with Crippen LogP contribution in [0.2, 0.25) is 5.02 Å². The number of ketones is 1. The highest BCUT2D eigenvalue weighted by atomic mass is 35.5. The molecule has 0 saturated heterocycles. The maximum Gasteiger partial charge on any atom is 0.183 e. The zero-order valence-corrected chi connectivity index (χ0v) is 9.76. The van der Waals surface area contributed by atoms with E-state index < -0.39 is 0 Å². The van der Waals surface area contributed by atoms with Crippen LogP contribution in [0.4, 0.5) is 0 Å². The molecule has 1 aromatic carbocycles. The number of Topliss-reactive ketones (excluding diaryl/α,β-unsaturated/α-hetero) is 1. The Morgan fingerprint density at radius 3 is 2.73 bits per heavy atom. The highest BCUT2D eigenvalue weighted by molar-refractivity contribution is 6.31. The van der Waals surface area contributed by atoms with Crippen LogP contribution in [-0.2, 0) is 0 Å². The zero-order chi connectivity index (χ0) is 11.4. The lowest BCUT2D eigenvalue weighted by Gasteiger charge is -2.12. The molecule has 0 aliphatic rings. The lowest BCUT2D eigenvalue weighted by atomic mass is 10.0. The zero-order valence-electron chi connectivity index (χ0n) is 9.00. The summed E-state index contributed by atoms with van der Waals surface area (Å²) in [6.07, 6.45) is 0. The molecule has 0 spiro atoms. The Kier molecular flexibility index (Phi) is 4.12. The van der Waals surface area contributed by atoms with Crippen LogP contribution in [0.15, 0.2) is 18.2 Å². The van der Waals surface area contributed by atoms with Crippen molar-refractivity contribution >= 4 is 17.4 Å². The smallest absolute Gasteiger partial charge is 0.183 e. The lowest BCUT2D eigenvalue weighted by molar-refractivity contribution is 0.0952. The molecular weight excluding hydrogens is 214 g/mol. The minimum Gasteiger partial charge on any atom is -0.496 e. The molecule has 4 heteroatoms. The van der Waals surface area contributed by atoms with E-state index in [1.807, 2.05) is 0 Å². The van der Waals surface area contributed by atoms with Crippen molar-refractivity contribution in [1.29, 1.82) is 0 Å². The minimum absolute atomic E-state index is 0.0307. The first-order chi connectivity index (χ1) is 7.10. The first-order valence-electron chi connectivity index (χ1n) is 4.65. The number of hydrogen-bond donors (Lipinski definition) is 1. The van der Waals surface area contributed by atoms with Crippen molar-refractivity contribution in [2.24, 2.45) is 0 Å². The van der Waals surface area contributed by atoms with Crippen molar-refractivity contribution in [3.8, 4) is 5.75 Å². The van der Waals surface area contributed by atoms with Crippen LogP contribution in [0, 0.1) is 0 Å². The summed E-state index contributed by atoms with van der Waals surface area (Å²) in [7, 11) is 3.27. The Hall–Kier alpha value is -1.06. The standard InChI is InChI=1S/C11H14ClNO2/c1-7(13-2)11(14)9-6-8(12)4-5-10(9)15-3/h4-7,13H,1-3H3. The second-order valence-electron chi connectivity index (χ2n) is 3.22. The first kappa shape index (κ1) is 12.0. The second kappa shape index (κ2) is 5.14. The molecule has 0 bridgehead atoms. The van der Waals surface area contributed by atoms with E-state index in [2.05, 4.69) is 5.32 Å². The van der Waals surface area contributed by atoms with Crippen LogP contribution >= 0.6 is 11.6 Å². The van der Waals surface area contributed by atoms with E-state index in [0.29, 0.717) is 16.3 Å². The molecule has 0 aromatic heterocycles. The summed E-state index contributed by atoms with van der Waals surface area (Å²) in [5.74, 6) is 0.517. The highest BCUT2D eigenvalue weighted by Gasteiger charge is 2.17. The summed E-state index contributed by atoms with van der Waals surface area (Å²) in [6.45, 7) is 1.79. The number of nitrogens with one attached hydrogen (secondary N) is 1. The Morgan fingerprint density at radius 1 is 1.53 bits per heavy atom. The van der Waals surface area contributed by atoms with Crippen LogP contribution in [0.25, 0.3) is 0 Å². The monoisotopic (exact) mass is 227 g/mol. The predicted octanol–water partition coefficient (Wildman–Crippen LogP) is 2.14. The largest absolute Gasteiger partial charge is 0.496 e. The number of halogens is 1. The Morgan fingerprint density at radius 2 is 2.20 bits per heavy atom. The molecule has 0 aliphatic carbocycles. The molecule has 82 valence electrons. The molecule has 15 heavy (non-hydrogen) atoms. The van der Waals surface area contributed by atoms with Gasteiger partial charge in [0.1, 0.15) is 5.75 Å². The first-order valence-corrected chi connectivity index (χ1v) is 5.03. The van der Waals surface area contributed by atoms with Crippen LogP contribution in [0.1, 0.15) is 17.3 Å². The molecule has 1 rings (SSSR count). The van der Waals surface area contributed by atoms with E-state index in [1.54, 1.807) is 32.2 Å². The average Bonchev–Trinajstić information content (AvgIpc) is 2.27. The summed E-state index contributed by atoms with van der Waals surface area (Å²) < 4.78 is 5.11. The van der Waals surface area contributed by atoms with Gasteiger partial charge in [0.25, 0.3) is 0 Å². The average molecular weight is 228 g/mol. The molecule has 0 radical (unpaired) electrons. The van der Waals surface area contributed by atoms with Gasteiger partial charge in [-0.05, 0) is 32.2 Å². The Labute approximate surface area is 94.4 Å². The van der Waals surface area contributed by atoms with Gasteiger partial charge in [-0.2, -0.15) is 0 Å². The fraction of sp³-hybridized carbons (Fsp3) is 0.364. The molecule has 0 heterocycles. The van der Waals surface area contributed by atoms with Gasteiger partial charge < -0.3 is 10.1 Å². The van der Waals surface area contributed by atoms with Crippen molar-refractivity contribution in [3.05, 3.63) is 28.8 Å². The van der Waals surface area contributed by atoms with Gasteiger partial charge in [-0.15, -0.1) is 0 Å². The molecular formula is C11H14ClNO2. The summed E-state index contributed by atoms with van der Waals surface area (Å²) in [6, 6.07) is 4.76. The van der Waals surface area contributed by atoms with E-state index >= 15 is 0 Å². The summed E-state index contributed by atoms with van der Waals surface area (Å²) in [4.78, 5) is 11.9. The quantitative estimate of drug-likeness (QED) is 0.801. The number of carbonyl (C=O) groups excluding carboxylic acids is 1. The predicted molar refractivity (Wildman–Crippen MR) is 60.9 cm³/mol. The van der Waals surface area contributed by atoms with Gasteiger partial charge in [0, 0.05) is 5.02 Å². The van der Waals surface area contributed by atoms with E-state index in [-0.39, 0.29) is 11.8 Å². The number of methoxy groups -OCH3 is 1. The minimum atomic E-state index is -0.252. The Balaban J connectivity index is 3.11. The maximum atomic E-state index is 11.9. The van der Waals surface area contributed by atoms with Crippen LogP contribution in [0.3, 0.4) is 0 Å².